The van der Waals surface area contributed by atoms with Crippen LogP contribution in [0.4, 0.5) is 0 Å². The zero-order valence-corrected chi connectivity index (χ0v) is 43.3. The maximum absolute atomic E-state index is 12.0. The number of halogens is 2. The van der Waals surface area contributed by atoms with Crippen LogP contribution in [0.3, 0.4) is 0 Å². The lowest BCUT2D eigenvalue weighted by Gasteiger charge is -2.20. The minimum Gasteiger partial charge on any atom is -0.488 e. The van der Waals surface area contributed by atoms with Gasteiger partial charge in [-0.15, -0.1) is 0 Å². The number of pyridine rings is 2. The van der Waals surface area contributed by atoms with Gasteiger partial charge in [-0.2, -0.15) is 34.0 Å². The van der Waals surface area contributed by atoms with Crippen molar-refractivity contribution in [3.8, 4) is 46.3 Å². The van der Waals surface area contributed by atoms with E-state index in [-0.39, 0.29) is 39.5 Å². The number of nitrogens with zero attached hydrogens (tertiary/aromatic N) is 4. The summed E-state index contributed by atoms with van der Waals surface area (Å²) in [5, 5.41) is 45.4. The number of nitriles is 2. The number of carboxylic acid groups (broad SMARTS) is 2. The lowest BCUT2D eigenvalue weighted by Crippen LogP contribution is -2.36. The second-order valence-electron chi connectivity index (χ2n) is 16.6. The van der Waals surface area contributed by atoms with Crippen LogP contribution in [0.2, 0.25) is 10.0 Å². The molecule has 0 spiro atoms. The van der Waals surface area contributed by atoms with Crippen LogP contribution >= 0.6 is 46.7 Å². The first-order valence-electron chi connectivity index (χ1n) is 22.7. The van der Waals surface area contributed by atoms with Gasteiger partial charge in [0, 0.05) is 72.3 Å². The zero-order valence-electron chi connectivity index (χ0n) is 40.2. The number of carboxylic acids is 2. The number of benzene rings is 4. The Morgan fingerprint density at radius 3 is 1.38 bits per heavy atom. The molecule has 0 aliphatic carbocycles. The first-order valence-corrected chi connectivity index (χ1v) is 26.3. The molecule has 0 aliphatic heterocycles. The molecule has 0 amide bonds. The summed E-state index contributed by atoms with van der Waals surface area (Å²) in [7, 11) is 0. The van der Waals surface area contributed by atoms with Crippen LogP contribution in [0, 0.1) is 36.5 Å². The normalized spacial score (nSPS) is 11.8. The Bertz CT molecular complexity index is 2750. The van der Waals surface area contributed by atoms with Crippen LogP contribution in [0.1, 0.15) is 68.5 Å². The second-order valence-corrected chi connectivity index (χ2v) is 19.4. The zero-order chi connectivity index (χ0) is 51.6. The van der Waals surface area contributed by atoms with Crippen molar-refractivity contribution in [2.75, 3.05) is 24.0 Å². The predicted octanol–water partition coefficient (Wildman–Crippen LogP) is 10.7. The first-order chi connectivity index (χ1) is 34.8. The molecule has 2 aromatic heterocycles. The van der Waals surface area contributed by atoms with Gasteiger partial charge in [-0.25, -0.2) is 0 Å². The van der Waals surface area contributed by atoms with E-state index in [0.717, 1.165) is 33.4 Å². The van der Waals surface area contributed by atoms with E-state index in [4.69, 9.17) is 42.1 Å². The van der Waals surface area contributed by atoms with Crippen molar-refractivity contribution in [2.45, 2.75) is 78.3 Å². The van der Waals surface area contributed by atoms with Crippen molar-refractivity contribution in [1.29, 1.82) is 10.5 Å². The summed E-state index contributed by atoms with van der Waals surface area (Å²) in [6, 6.07) is 24.9. The molecule has 2 heterocycles. The number of aliphatic carboxylic acids is 2. The average Bonchev–Trinajstić information content (AvgIpc) is 3.38. The summed E-state index contributed by atoms with van der Waals surface area (Å²) in [4.78, 5) is 32.3. The molecule has 374 valence electrons. The Kier molecular flexibility index (Phi) is 20.8. The molecule has 4 N–H and O–H groups in total. The fraction of sp³-hybridized carbons (Fsp3) is 0.296. The number of ether oxygens (including phenoxy) is 4. The lowest BCUT2D eigenvalue weighted by molar-refractivity contribution is -0.140. The molecule has 0 aliphatic rings. The molecule has 18 heteroatoms. The van der Waals surface area contributed by atoms with E-state index in [0.29, 0.717) is 90.8 Å². The van der Waals surface area contributed by atoms with E-state index in [9.17, 15) is 30.3 Å². The maximum Gasteiger partial charge on any atom is 0.320 e. The third kappa shape index (κ3) is 15.3. The van der Waals surface area contributed by atoms with Gasteiger partial charge in [0.15, 0.2) is 0 Å². The molecule has 0 saturated heterocycles. The van der Waals surface area contributed by atoms with Gasteiger partial charge in [0.05, 0.1) is 21.2 Å². The Morgan fingerprint density at radius 2 is 1.00 bits per heavy atom. The third-order valence-corrected chi connectivity index (χ3v) is 13.6. The van der Waals surface area contributed by atoms with Gasteiger partial charge in [-0.05, 0) is 108 Å². The average molecular weight is 1050 g/mol. The van der Waals surface area contributed by atoms with Crippen LogP contribution in [0.25, 0.3) is 11.1 Å². The topological polar surface area (TPSA) is 209 Å². The summed E-state index contributed by atoms with van der Waals surface area (Å²) in [5.41, 5.74) is 9.22. The van der Waals surface area contributed by atoms with Crippen LogP contribution in [-0.4, -0.2) is 68.2 Å². The second kappa shape index (κ2) is 27.4. The number of carbonyl (C=O) groups is 2. The number of rotatable bonds is 27. The Morgan fingerprint density at radius 1 is 0.597 bits per heavy atom. The Hall–Kier alpha value is -6.50. The third-order valence-electron chi connectivity index (χ3n) is 11.7. The van der Waals surface area contributed by atoms with Crippen LogP contribution in [0.15, 0.2) is 97.6 Å². The summed E-state index contributed by atoms with van der Waals surface area (Å²) in [6.45, 7) is 4.94. The number of hydrogen-bond donors (Lipinski definition) is 4. The van der Waals surface area contributed by atoms with Gasteiger partial charge >= 0.3 is 11.9 Å². The van der Waals surface area contributed by atoms with Crippen molar-refractivity contribution in [2.24, 2.45) is 0 Å². The van der Waals surface area contributed by atoms with Crippen molar-refractivity contribution >= 4 is 58.7 Å². The molecule has 0 bridgehead atoms. The van der Waals surface area contributed by atoms with Crippen molar-refractivity contribution in [3.63, 3.8) is 0 Å². The highest BCUT2D eigenvalue weighted by molar-refractivity contribution is 7.98. The highest BCUT2D eigenvalue weighted by atomic mass is 35.5. The summed E-state index contributed by atoms with van der Waals surface area (Å²) in [5.74, 6) is 1.05. The molecule has 6 rings (SSSR count). The Balaban J connectivity index is 1.21. The molecule has 4 aromatic carbocycles. The molecule has 6 aromatic rings. The monoisotopic (exact) mass is 1050 g/mol. The molecule has 2 unspecified atom stereocenters. The molecule has 14 nitrogen and oxygen atoms in total. The quantitative estimate of drug-likeness (QED) is 0.0378. The summed E-state index contributed by atoms with van der Waals surface area (Å²) >= 11 is 16.9. The molecule has 2 atom stereocenters. The van der Waals surface area contributed by atoms with Gasteiger partial charge < -0.3 is 39.8 Å². The number of thioether (sulfide) groups is 2. The van der Waals surface area contributed by atoms with E-state index in [1.54, 1.807) is 72.3 Å². The molecule has 72 heavy (non-hydrogen) atoms. The molecule has 0 saturated carbocycles. The van der Waals surface area contributed by atoms with Gasteiger partial charge in [0.2, 0.25) is 0 Å². The highest BCUT2D eigenvalue weighted by Crippen LogP contribution is 2.37. The van der Waals surface area contributed by atoms with Crippen molar-refractivity contribution < 1.29 is 38.7 Å². The minimum absolute atomic E-state index is 0.0935. The number of aromatic nitrogens is 2. The van der Waals surface area contributed by atoms with E-state index in [1.807, 2.05) is 50.6 Å². The maximum atomic E-state index is 12.0. The molecular formula is C54H54Cl2N6O8S2. The van der Waals surface area contributed by atoms with Crippen molar-refractivity contribution in [1.82, 2.24) is 20.6 Å². The largest absolute Gasteiger partial charge is 0.488 e. The summed E-state index contributed by atoms with van der Waals surface area (Å²) in [6.07, 6.45) is 10.9. The van der Waals surface area contributed by atoms with E-state index in [2.05, 4.69) is 44.9 Å². The van der Waals surface area contributed by atoms with Gasteiger partial charge in [0.1, 0.15) is 73.6 Å². The van der Waals surface area contributed by atoms with E-state index < -0.39 is 24.0 Å². The van der Waals surface area contributed by atoms with Gasteiger partial charge in [-0.3, -0.25) is 19.6 Å². The smallest absolute Gasteiger partial charge is 0.320 e. The van der Waals surface area contributed by atoms with E-state index >= 15 is 0 Å². The van der Waals surface area contributed by atoms with Crippen molar-refractivity contribution in [3.05, 3.63) is 163 Å². The Labute approximate surface area is 438 Å². The van der Waals surface area contributed by atoms with Gasteiger partial charge in [-0.1, -0.05) is 59.6 Å². The first kappa shape index (κ1) is 54.8. The van der Waals surface area contributed by atoms with Crippen LogP contribution < -0.4 is 29.6 Å². The number of nitrogens with one attached hydrogen (secondary N) is 2. The SMILES string of the molecule is CSCCC(NCc1cc(Cl)c(OCc2cccc(-c3cccc(COc4cc(OCc5cncc(C#N)c5)c(CNC(CCSC)C(=O)O)cc4Cl)c3C)c2C)cc1OCc1cncc(C#N)c1)C(=O)O. The fourth-order valence-corrected chi connectivity index (χ4v) is 9.06. The minimum atomic E-state index is -0.950. The molecule has 0 radical (unpaired) electrons. The predicted molar refractivity (Wildman–Crippen MR) is 282 cm³/mol. The summed E-state index contributed by atoms with van der Waals surface area (Å²) < 4.78 is 25.3. The van der Waals surface area contributed by atoms with Crippen LogP contribution in [0.5, 0.6) is 23.0 Å². The lowest BCUT2D eigenvalue weighted by atomic mass is 9.92. The standard InChI is InChI=1S/C54H54Cl2N6O8S2/c1-33-39(31-69-51-19-49(67-29-37-15-35(21-57)23-59-25-37)41(17-45(51)55)27-61-47(53(63)64)11-13-71-3)7-5-9-43(33)44-10-6-8-40(34(44)2)32-70-52-20-50(68-30-38-16-36(22-58)24-60-26-38)42(18-46(52)56)28-62-48(54(65)66)12-14-72-4/h5-10,15-20,23-26,47-48,61-62H,11-14,27-32H2,1-4H3,(H,63,64)(H,65,66). The molecule has 0 fully saturated rings. The van der Waals surface area contributed by atoms with Crippen LogP contribution in [-0.2, 0) is 49.1 Å². The fourth-order valence-electron chi connectivity index (χ4n) is 7.63. The van der Waals surface area contributed by atoms with Gasteiger partial charge in [0.25, 0.3) is 0 Å². The highest BCUT2D eigenvalue weighted by Gasteiger charge is 2.22. The molecular weight excluding hydrogens is 996 g/mol. The number of hydrogen-bond acceptors (Lipinski definition) is 14. The van der Waals surface area contributed by atoms with E-state index in [1.165, 1.54) is 12.4 Å².